The van der Waals surface area contributed by atoms with Crippen molar-refractivity contribution < 1.29 is 28.6 Å². The minimum Gasteiger partial charge on any atom is -0.428 e. The van der Waals surface area contributed by atoms with Gasteiger partial charge in [0.15, 0.2) is 0 Å². The van der Waals surface area contributed by atoms with Crippen molar-refractivity contribution in [2.45, 2.75) is 25.4 Å². The standard InChI is InChI=1S/C16H19N3O6/c1-4-19-12(20)10-6-5-8-17-11(10)24-16(7-9-18(2)3)15(19)23-13(21)14(22)25-16/h5-6,8,15H,4,7,9H2,1-3H3. The lowest BCUT2D eigenvalue weighted by Crippen LogP contribution is -2.65. The summed E-state index contributed by atoms with van der Waals surface area (Å²) in [5.41, 5.74) is 0.218. The summed E-state index contributed by atoms with van der Waals surface area (Å²) < 4.78 is 16.5. The van der Waals surface area contributed by atoms with Gasteiger partial charge in [-0.3, -0.25) is 9.69 Å². The highest BCUT2D eigenvalue weighted by molar-refractivity contribution is 6.30. The van der Waals surface area contributed by atoms with Crippen molar-refractivity contribution in [1.82, 2.24) is 14.8 Å². The number of pyridine rings is 1. The second kappa shape index (κ2) is 6.32. The first-order valence-corrected chi connectivity index (χ1v) is 7.91. The lowest BCUT2D eigenvalue weighted by atomic mass is 10.1. The summed E-state index contributed by atoms with van der Waals surface area (Å²) in [6.07, 6.45) is 0.465. The predicted molar refractivity (Wildman–Crippen MR) is 83.4 cm³/mol. The number of carbonyl (C=O) groups is 3. The van der Waals surface area contributed by atoms with Crippen molar-refractivity contribution >= 4 is 17.8 Å². The molecule has 2 unspecified atom stereocenters. The van der Waals surface area contributed by atoms with Gasteiger partial charge in [0.1, 0.15) is 5.56 Å². The number of ether oxygens (including phenoxy) is 3. The van der Waals surface area contributed by atoms with Crippen LogP contribution in [-0.2, 0) is 19.1 Å². The molecule has 1 amide bonds. The number of hydrogen-bond acceptors (Lipinski definition) is 8. The third-order valence-electron chi connectivity index (χ3n) is 4.09. The van der Waals surface area contributed by atoms with Gasteiger partial charge in [-0.25, -0.2) is 14.6 Å². The predicted octanol–water partition coefficient (Wildman–Crippen LogP) is 0.0102. The Kier molecular flexibility index (Phi) is 4.34. The number of esters is 2. The van der Waals surface area contributed by atoms with Crippen LogP contribution in [-0.4, -0.2) is 71.8 Å². The van der Waals surface area contributed by atoms with Crippen molar-refractivity contribution in [3.8, 4) is 5.88 Å². The summed E-state index contributed by atoms with van der Waals surface area (Å²) in [7, 11) is 3.68. The van der Waals surface area contributed by atoms with Gasteiger partial charge in [0, 0.05) is 25.7 Å². The highest BCUT2D eigenvalue weighted by atomic mass is 16.8. The summed E-state index contributed by atoms with van der Waals surface area (Å²) in [5.74, 6) is -4.33. The normalized spacial score (nSPS) is 25.5. The van der Waals surface area contributed by atoms with E-state index in [9.17, 15) is 14.4 Å². The zero-order chi connectivity index (χ0) is 18.2. The Morgan fingerprint density at radius 2 is 2.00 bits per heavy atom. The molecule has 25 heavy (non-hydrogen) atoms. The van der Waals surface area contributed by atoms with Gasteiger partial charge in [-0.1, -0.05) is 0 Å². The average molecular weight is 349 g/mol. The lowest BCUT2D eigenvalue weighted by molar-refractivity contribution is -0.285. The summed E-state index contributed by atoms with van der Waals surface area (Å²) in [4.78, 5) is 43.8. The maximum absolute atomic E-state index is 12.9. The molecule has 1 fully saturated rings. The van der Waals surface area contributed by atoms with E-state index in [0.717, 1.165) is 0 Å². The largest absolute Gasteiger partial charge is 0.428 e. The maximum Gasteiger partial charge on any atom is 0.421 e. The number of aromatic nitrogens is 1. The Labute approximate surface area is 144 Å². The molecule has 2 aliphatic heterocycles. The van der Waals surface area contributed by atoms with Crippen LogP contribution in [0.4, 0.5) is 0 Å². The molecule has 0 spiro atoms. The van der Waals surface area contributed by atoms with Gasteiger partial charge < -0.3 is 19.1 Å². The molecule has 3 heterocycles. The highest BCUT2D eigenvalue weighted by Crippen LogP contribution is 2.37. The van der Waals surface area contributed by atoms with E-state index in [4.69, 9.17) is 14.2 Å². The van der Waals surface area contributed by atoms with E-state index < -0.39 is 29.9 Å². The van der Waals surface area contributed by atoms with Gasteiger partial charge in [0.2, 0.25) is 5.88 Å². The SMILES string of the molecule is CCN1C(=O)c2cccnc2OC2(CCN(C)C)OC(=O)C(=O)OC12. The summed E-state index contributed by atoms with van der Waals surface area (Å²) in [6, 6.07) is 3.17. The van der Waals surface area contributed by atoms with Crippen LogP contribution >= 0.6 is 0 Å². The highest BCUT2D eigenvalue weighted by Gasteiger charge is 2.59. The number of amides is 1. The fraction of sp³-hybridized carbons (Fsp3) is 0.500. The lowest BCUT2D eigenvalue weighted by Gasteiger charge is -2.43. The molecule has 1 aromatic rings. The summed E-state index contributed by atoms with van der Waals surface area (Å²) in [5, 5.41) is 0. The van der Waals surface area contributed by atoms with E-state index in [1.165, 1.54) is 11.1 Å². The molecule has 0 aromatic carbocycles. The Morgan fingerprint density at radius 3 is 2.68 bits per heavy atom. The molecule has 3 rings (SSSR count). The number of rotatable bonds is 4. The second-order valence-corrected chi connectivity index (χ2v) is 6.06. The number of likely N-dealkylation sites (N-methyl/N-ethyl adjacent to an activating group) is 1. The molecule has 2 atom stereocenters. The topological polar surface area (TPSA) is 98.3 Å². The molecule has 0 aliphatic carbocycles. The van der Waals surface area contributed by atoms with Gasteiger partial charge in [0.25, 0.3) is 12.1 Å². The summed E-state index contributed by atoms with van der Waals surface area (Å²) >= 11 is 0. The molecule has 0 N–H and O–H groups in total. The molecule has 9 nitrogen and oxygen atoms in total. The smallest absolute Gasteiger partial charge is 0.421 e. The van der Waals surface area contributed by atoms with Gasteiger partial charge in [0.05, 0.1) is 0 Å². The van der Waals surface area contributed by atoms with Crippen LogP contribution in [0.1, 0.15) is 23.7 Å². The number of hydrogen-bond donors (Lipinski definition) is 0. The van der Waals surface area contributed by atoms with E-state index in [0.29, 0.717) is 6.54 Å². The Morgan fingerprint density at radius 1 is 1.24 bits per heavy atom. The Bertz CT molecular complexity index is 722. The van der Waals surface area contributed by atoms with E-state index in [1.54, 1.807) is 19.1 Å². The monoisotopic (exact) mass is 349 g/mol. The van der Waals surface area contributed by atoms with Crippen LogP contribution in [0.3, 0.4) is 0 Å². The fourth-order valence-electron chi connectivity index (χ4n) is 2.83. The molecule has 0 saturated carbocycles. The first-order chi connectivity index (χ1) is 11.9. The quantitative estimate of drug-likeness (QED) is 0.554. The third-order valence-corrected chi connectivity index (χ3v) is 4.09. The Hall–Kier alpha value is -2.68. The molecular formula is C16H19N3O6. The molecular weight excluding hydrogens is 330 g/mol. The first-order valence-electron chi connectivity index (χ1n) is 7.91. The maximum atomic E-state index is 12.9. The number of fused-ring (bicyclic) bond motifs is 2. The zero-order valence-electron chi connectivity index (χ0n) is 14.2. The molecule has 134 valence electrons. The zero-order valence-corrected chi connectivity index (χ0v) is 14.2. The van der Waals surface area contributed by atoms with Crippen LogP contribution in [0.25, 0.3) is 0 Å². The molecule has 2 aliphatic rings. The van der Waals surface area contributed by atoms with Crippen molar-refractivity contribution in [3.63, 3.8) is 0 Å². The van der Waals surface area contributed by atoms with Crippen molar-refractivity contribution in [3.05, 3.63) is 23.9 Å². The molecule has 0 radical (unpaired) electrons. The fourth-order valence-corrected chi connectivity index (χ4v) is 2.83. The van der Waals surface area contributed by atoms with Crippen LogP contribution in [0.5, 0.6) is 5.88 Å². The van der Waals surface area contributed by atoms with Gasteiger partial charge >= 0.3 is 17.7 Å². The van der Waals surface area contributed by atoms with E-state index in [1.807, 2.05) is 19.0 Å². The van der Waals surface area contributed by atoms with Crippen molar-refractivity contribution in [2.75, 3.05) is 27.2 Å². The summed E-state index contributed by atoms with van der Waals surface area (Å²) in [6.45, 7) is 2.44. The van der Waals surface area contributed by atoms with Gasteiger partial charge in [-0.2, -0.15) is 0 Å². The Balaban J connectivity index is 2.12. The van der Waals surface area contributed by atoms with Gasteiger partial charge in [-0.15, -0.1) is 0 Å². The minimum atomic E-state index is -1.65. The first kappa shape index (κ1) is 17.2. The second-order valence-electron chi connectivity index (χ2n) is 6.06. The van der Waals surface area contributed by atoms with E-state index in [2.05, 4.69) is 4.98 Å². The molecule has 9 heteroatoms. The van der Waals surface area contributed by atoms with Crippen molar-refractivity contribution in [1.29, 1.82) is 0 Å². The van der Waals surface area contributed by atoms with Crippen LogP contribution in [0, 0.1) is 0 Å². The molecule has 1 aromatic heterocycles. The minimum absolute atomic E-state index is 0.0398. The van der Waals surface area contributed by atoms with E-state index >= 15 is 0 Å². The van der Waals surface area contributed by atoms with Crippen LogP contribution < -0.4 is 4.74 Å². The molecule has 0 bridgehead atoms. The van der Waals surface area contributed by atoms with Gasteiger partial charge in [-0.05, 0) is 33.2 Å². The molecule has 1 saturated heterocycles. The van der Waals surface area contributed by atoms with E-state index in [-0.39, 0.29) is 24.4 Å². The van der Waals surface area contributed by atoms with Crippen LogP contribution in [0.2, 0.25) is 0 Å². The number of carbonyl (C=O) groups excluding carboxylic acids is 3. The van der Waals surface area contributed by atoms with Crippen molar-refractivity contribution in [2.24, 2.45) is 0 Å². The number of nitrogens with zero attached hydrogens (tertiary/aromatic N) is 3. The average Bonchev–Trinajstić information content (AvgIpc) is 2.67. The van der Waals surface area contributed by atoms with Crippen LogP contribution in [0.15, 0.2) is 18.3 Å². The third kappa shape index (κ3) is 2.91.